The van der Waals surface area contributed by atoms with Gasteiger partial charge in [-0.1, -0.05) is 18.2 Å². The van der Waals surface area contributed by atoms with Crippen molar-refractivity contribution < 1.29 is 23.7 Å². The number of rotatable bonds is 6. The number of methoxy groups -OCH3 is 2. The normalized spacial score (nSPS) is 22.1. The summed E-state index contributed by atoms with van der Waals surface area (Å²) in [6.07, 6.45) is 2.16. The van der Waals surface area contributed by atoms with Crippen LogP contribution in [0.15, 0.2) is 53.6 Å². The number of hydrogen-bond acceptors (Lipinski definition) is 7. The number of benzene rings is 2. The molecule has 1 unspecified atom stereocenters. The van der Waals surface area contributed by atoms with E-state index in [1.807, 2.05) is 48.5 Å². The zero-order valence-corrected chi connectivity index (χ0v) is 19.7. The third kappa shape index (κ3) is 4.53. The van der Waals surface area contributed by atoms with Gasteiger partial charge in [-0.25, -0.2) is 5.01 Å². The highest BCUT2D eigenvalue weighted by Gasteiger charge is 2.41. The molecular weight excluding hydrogens is 434 g/mol. The standard InChI is InChI=1S/C26H31N3O5/c1-31-20-9-7-19(8-10-20)22-17-23(21-5-3-4-6-24(21)32-2)29(27-22)25(30)18-28-13-11-26(12-14-28)33-15-16-34-26/h3-10,23H,11-18H2,1-2H3. The molecule has 0 saturated carbocycles. The van der Waals surface area contributed by atoms with Crippen molar-refractivity contribution >= 4 is 11.6 Å². The molecule has 1 atom stereocenters. The van der Waals surface area contributed by atoms with Gasteiger partial charge in [0.15, 0.2) is 5.79 Å². The molecule has 3 aliphatic heterocycles. The van der Waals surface area contributed by atoms with E-state index >= 15 is 0 Å². The van der Waals surface area contributed by atoms with Gasteiger partial charge in [0, 0.05) is 37.9 Å². The Morgan fingerprint density at radius 1 is 1.03 bits per heavy atom. The number of hydrogen-bond donors (Lipinski definition) is 0. The number of amides is 1. The molecule has 2 aromatic rings. The lowest BCUT2D eigenvalue weighted by molar-refractivity contribution is -0.186. The van der Waals surface area contributed by atoms with Crippen molar-refractivity contribution in [2.75, 3.05) is 47.1 Å². The van der Waals surface area contributed by atoms with E-state index in [1.165, 1.54) is 0 Å². The van der Waals surface area contributed by atoms with Crippen LogP contribution in [0.4, 0.5) is 0 Å². The van der Waals surface area contributed by atoms with E-state index in [0.29, 0.717) is 26.2 Å². The minimum atomic E-state index is -0.452. The predicted octanol–water partition coefficient (Wildman–Crippen LogP) is 3.22. The summed E-state index contributed by atoms with van der Waals surface area (Å²) in [6.45, 7) is 3.12. The second kappa shape index (κ2) is 9.74. The van der Waals surface area contributed by atoms with Gasteiger partial charge >= 0.3 is 0 Å². The Balaban J connectivity index is 1.36. The first kappa shape index (κ1) is 22.8. The molecule has 8 nitrogen and oxygen atoms in total. The second-order valence-corrected chi connectivity index (χ2v) is 8.86. The molecule has 0 N–H and O–H groups in total. The van der Waals surface area contributed by atoms with E-state index < -0.39 is 5.79 Å². The molecule has 3 aliphatic rings. The summed E-state index contributed by atoms with van der Waals surface area (Å²) >= 11 is 0. The maximum absolute atomic E-state index is 13.5. The highest BCUT2D eigenvalue weighted by atomic mass is 16.7. The number of hydrazone groups is 1. The lowest BCUT2D eigenvalue weighted by Gasteiger charge is -2.37. The molecular formula is C26H31N3O5. The van der Waals surface area contributed by atoms with Crippen molar-refractivity contribution in [2.24, 2.45) is 5.10 Å². The van der Waals surface area contributed by atoms with Crippen molar-refractivity contribution in [2.45, 2.75) is 31.1 Å². The number of para-hydroxylation sites is 1. The van der Waals surface area contributed by atoms with Gasteiger partial charge in [-0.15, -0.1) is 0 Å². The molecule has 5 rings (SSSR count). The van der Waals surface area contributed by atoms with E-state index in [4.69, 9.17) is 24.0 Å². The summed E-state index contributed by atoms with van der Waals surface area (Å²) in [5.41, 5.74) is 2.81. The Bertz CT molecular complexity index is 1040. The number of nitrogens with zero attached hydrogens (tertiary/aromatic N) is 3. The fourth-order valence-electron chi connectivity index (χ4n) is 4.98. The summed E-state index contributed by atoms with van der Waals surface area (Å²) in [5, 5.41) is 6.45. The maximum Gasteiger partial charge on any atom is 0.257 e. The summed E-state index contributed by atoms with van der Waals surface area (Å²) in [7, 11) is 3.30. The lowest BCUT2D eigenvalue weighted by atomic mass is 9.97. The highest BCUT2D eigenvalue weighted by molar-refractivity contribution is 6.03. The van der Waals surface area contributed by atoms with Crippen LogP contribution in [-0.4, -0.2) is 74.4 Å². The molecule has 0 bridgehead atoms. The average molecular weight is 466 g/mol. The van der Waals surface area contributed by atoms with Crippen molar-refractivity contribution in [3.63, 3.8) is 0 Å². The van der Waals surface area contributed by atoms with Gasteiger partial charge < -0.3 is 18.9 Å². The number of piperidine rings is 1. The first-order valence-corrected chi connectivity index (χ1v) is 11.8. The van der Waals surface area contributed by atoms with Gasteiger partial charge in [-0.2, -0.15) is 5.10 Å². The Morgan fingerprint density at radius 3 is 2.41 bits per heavy atom. The Hall–Kier alpha value is -2.94. The molecule has 2 saturated heterocycles. The minimum Gasteiger partial charge on any atom is -0.497 e. The van der Waals surface area contributed by atoms with Gasteiger partial charge in [-0.05, 0) is 35.9 Å². The lowest BCUT2D eigenvalue weighted by Crippen LogP contribution is -2.48. The zero-order valence-electron chi connectivity index (χ0n) is 19.7. The summed E-state index contributed by atoms with van der Waals surface area (Å²) in [5.74, 6) is 1.07. The molecule has 1 amide bonds. The van der Waals surface area contributed by atoms with Crippen LogP contribution < -0.4 is 9.47 Å². The number of carbonyl (C=O) groups excluding carboxylic acids is 1. The topological polar surface area (TPSA) is 72.8 Å². The van der Waals surface area contributed by atoms with Crippen molar-refractivity contribution in [3.05, 3.63) is 59.7 Å². The smallest absolute Gasteiger partial charge is 0.257 e. The maximum atomic E-state index is 13.5. The predicted molar refractivity (Wildman–Crippen MR) is 127 cm³/mol. The SMILES string of the molecule is COc1ccc(C2=NN(C(=O)CN3CCC4(CC3)OCCO4)C(c3ccccc3OC)C2)cc1. The summed E-state index contributed by atoms with van der Waals surface area (Å²) in [6, 6.07) is 15.4. The molecule has 0 aliphatic carbocycles. The van der Waals surface area contributed by atoms with Crippen LogP contribution in [0, 0.1) is 0 Å². The van der Waals surface area contributed by atoms with Gasteiger partial charge in [0.25, 0.3) is 5.91 Å². The van der Waals surface area contributed by atoms with Crippen molar-refractivity contribution in [3.8, 4) is 11.5 Å². The van der Waals surface area contributed by atoms with E-state index in [0.717, 1.165) is 54.3 Å². The number of likely N-dealkylation sites (tertiary alicyclic amines) is 1. The highest BCUT2D eigenvalue weighted by Crippen LogP contribution is 2.38. The van der Waals surface area contributed by atoms with Crippen LogP contribution in [-0.2, 0) is 14.3 Å². The van der Waals surface area contributed by atoms with Gasteiger partial charge in [0.2, 0.25) is 0 Å². The summed E-state index contributed by atoms with van der Waals surface area (Å²) in [4.78, 5) is 15.7. The van der Waals surface area contributed by atoms with Crippen molar-refractivity contribution in [1.29, 1.82) is 0 Å². The van der Waals surface area contributed by atoms with E-state index in [9.17, 15) is 4.79 Å². The van der Waals surface area contributed by atoms with Crippen molar-refractivity contribution in [1.82, 2.24) is 9.91 Å². The molecule has 0 radical (unpaired) electrons. The minimum absolute atomic E-state index is 0.0244. The van der Waals surface area contributed by atoms with E-state index in [-0.39, 0.29) is 11.9 Å². The Labute approximate surface area is 200 Å². The van der Waals surface area contributed by atoms with Gasteiger partial charge in [-0.3, -0.25) is 9.69 Å². The van der Waals surface area contributed by atoms with Crippen LogP contribution in [0.25, 0.3) is 0 Å². The van der Waals surface area contributed by atoms with E-state index in [2.05, 4.69) is 4.90 Å². The van der Waals surface area contributed by atoms with Crippen LogP contribution in [0.3, 0.4) is 0 Å². The number of ether oxygens (including phenoxy) is 4. The second-order valence-electron chi connectivity index (χ2n) is 8.86. The molecule has 8 heteroatoms. The monoisotopic (exact) mass is 465 g/mol. The number of carbonyl (C=O) groups is 1. The Morgan fingerprint density at radius 2 is 1.74 bits per heavy atom. The molecule has 34 heavy (non-hydrogen) atoms. The molecule has 180 valence electrons. The third-order valence-corrected chi connectivity index (χ3v) is 6.88. The van der Waals surface area contributed by atoms with Crippen LogP contribution in [0.2, 0.25) is 0 Å². The first-order chi connectivity index (χ1) is 16.6. The fourth-order valence-corrected chi connectivity index (χ4v) is 4.98. The van der Waals surface area contributed by atoms with Crippen LogP contribution >= 0.6 is 0 Å². The third-order valence-electron chi connectivity index (χ3n) is 6.88. The van der Waals surface area contributed by atoms with Gasteiger partial charge in [0.05, 0.1) is 45.7 Å². The van der Waals surface area contributed by atoms with E-state index in [1.54, 1.807) is 19.2 Å². The molecule has 3 heterocycles. The quantitative estimate of drug-likeness (QED) is 0.652. The largest absolute Gasteiger partial charge is 0.497 e. The first-order valence-electron chi connectivity index (χ1n) is 11.8. The molecule has 2 fully saturated rings. The molecule has 0 aromatic heterocycles. The Kier molecular flexibility index (Phi) is 6.54. The molecule has 1 spiro atoms. The van der Waals surface area contributed by atoms with Gasteiger partial charge in [0.1, 0.15) is 11.5 Å². The van der Waals surface area contributed by atoms with Crippen LogP contribution in [0.5, 0.6) is 11.5 Å². The molecule has 2 aromatic carbocycles. The van der Waals surface area contributed by atoms with Crippen LogP contribution in [0.1, 0.15) is 36.4 Å². The fraction of sp³-hybridized carbons (Fsp3) is 0.462. The average Bonchev–Trinajstić information content (AvgIpc) is 3.53. The zero-order chi connectivity index (χ0) is 23.5. The summed E-state index contributed by atoms with van der Waals surface area (Å²) < 4.78 is 22.6.